The number of benzene rings is 2. The van der Waals surface area contributed by atoms with Gasteiger partial charge in [0.25, 0.3) is 0 Å². The number of aliphatic hydroxyl groups excluding tert-OH is 1. The molecular weight excluding hydrogens is 229 g/mol. The lowest BCUT2D eigenvalue weighted by Crippen LogP contribution is -2.17. The van der Waals surface area contributed by atoms with Crippen LogP contribution in [0.3, 0.4) is 0 Å². The fraction of sp³-hybridized carbons (Fsp3) is 0.200. The molecule has 0 heterocycles. The maximum Gasteiger partial charge on any atom is 0.123 e. The monoisotopic (exact) mass is 245 g/mol. The lowest BCUT2D eigenvalue weighted by molar-refractivity contribution is 0.282. The van der Waals surface area contributed by atoms with Gasteiger partial charge in [0.15, 0.2) is 0 Å². The van der Waals surface area contributed by atoms with Gasteiger partial charge in [-0.15, -0.1) is 0 Å². The molecule has 3 heteroatoms. The molecule has 0 unspecified atom stereocenters. The highest BCUT2D eigenvalue weighted by Gasteiger charge is 2.10. The average Bonchev–Trinajstić information content (AvgIpc) is 2.42. The standard InChI is InChI=1S/C15H16FNO/c1-2-17(14-9-7-13(16)8-10-14)15-6-4-3-5-12(15)11-18/h3-10,18H,2,11H2,1H3. The number of halogens is 1. The molecule has 0 saturated heterocycles. The van der Waals surface area contributed by atoms with Crippen LogP contribution in [-0.4, -0.2) is 11.7 Å². The van der Waals surface area contributed by atoms with Gasteiger partial charge in [-0.3, -0.25) is 0 Å². The molecule has 0 bridgehead atoms. The molecule has 0 fully saturated rings. The Balaban J connectivity index is 2.41. The van der Waals surface area contributed by atoms with Crippen LogP contribution in [0.4, 0.5) is 15.8 Å². The highest BCUT2D eigenvalue weighted by atomic mass is 19.1. The van der Waals surface area contributed by atoms with Gasteiger partial charge in [0.05, 0.1) is 6.61 Å². The lowest BCUT2D eigenvalue weighted by atomic mass is 10.1. The summed E-state index contributed by atoms with van der Waals surface area (Å²) in [6, 6.07) is 14.0. The van der Waals surface area contributed by atoms with E-state index < -0.39 is 0 Å². The first-order valence-electron chi connectivity index (χ1n) is 5.98. The Bertz CT molecular complexity index is 510. The van der Waals surface area contributed by atoms with Crippen LogP contribution in [0.1, 0.15) is 12.5 Å². The lowest BCUT2D eigenvalue weighted by Gasteiger charge is -2.25. The van der Waals surface area contributed by atoms with E-state index in [0.717, 1.165) is 23.5 Å². The molecule has 94 valence electrons. The van der Waals surface area contributed by atoms with Crippen molar-refractivity contribution < 1.29 is 9.50 Å². The Morgan fingerprint density at radius 1 is 1.06 bits per heavy atom. The number of aliphatic hydroxyl groups is 1. The molecule has 0 radical (unpaired) electrons. The molecule has 0 amide bonds. The summed E-state index contributed by atoms with van der Waals surface area (Å²) in [5.41, 5.74) is 2.73. The highest BCUT2D eigenvalue weighted by molar-refractivity contribution is 5.66. The number of para-hydroxylation sites is 1. The van der Waals surface area contributed by atoms with E-state index in [0.29, 0.717) is 0 Å². The van der Waals surface area contributed by atoms with Crippen molar-refractivity contribution in [2.24, 2.45) is 0 Å². The van der Waals surface area contributed by atoms with Crippen LogP contribution in [0.5, 0.6) is 0 Å². The zero-order valence-electron chi connectivity index (χ0n) is 10.3. The predicted octanol–water partition coefficient (Wildman–Crippen LogP) is 3.48. The van der Waals surface area contributed by atoms with Gasteiger partial charge in [0.2, 0.25) is 0 Å². The minimum Gasteiger partial charge on any atom is -0.392 e. The van der Waals surface area contributed by atoms with Gasteiger partial charge in [-0.25, -0.2) is 4.39 Å². The third kappa shape index (κ3) is 2.51. The van der Waals surface area contributed by atoms with Crippen LogP contribution >= 0.6 is 0 Å². The quantitative estimate of drug-likeness (QED) is 0.891. The number of rotatable bonds is 4. The van der Waals surface area contributed by atoms with Crippen LogP contribution in [0.25, 0.3) is 0 Å². The van der Waals surface area contributed by atoms with Gasteiger partial charge in [0.1, 0.15) is 5.82 Å². The van der Waals surface area contributed by atoms with E-state index in [1.54, 1.807) is 12.1 Å². The molecule has 0 spiro atoms. The summed E-state index contributed by atoms with van der Waals surface area (Å²) in [4.78, 5) is 2.05. The van der Waals surface area contributed by atoms with Crippen molar-refractivity contribution in [3.05, 3.63) is 59.9 Å². The van der Waals surface area contributed by atoms with Crippen LogP contribution in [0.15, 0.2) is 48.5 Å². The molecule has 0 aromatic heterocycles. The van der Waals surface area contributed by atoms with Crippen LogP contribution in [0.2, 0.25) is 0 Å². The first kappa shape index (κ1) is 12.6. The summed E-state index contributed by atoms with van der Waals surface area (Å²) in [6.45, 7) is 2.77. The van der Waals surface area contributed by atoms with E-state index in [2.05, 4.69) is 0 Å². The normalized spacial score (nSPS) is 10.4. The fourth-order valence-corrected chi connectivity index (χ4v) is 2.02. The third-order valence-electron chi connectivity index (χ3n) is 2.91. The molecule has 2 nitrogen and oxygen atoms in total. The Morgan fingerprint density at radius 3 is 2.33 bits per heavy atom. The van der Waals surface area contributed by atoms with Gasteiger partial charge in [-0.05, 0) is 37.3 Å². The van der Waals surface area contributed by atoms with Gasteiger partial charge < -0.3 is 10.0 Å². The highest BCUT2D eigenvalue weighted by Crippen LogP contribution is 2.28. The molecule has 0 aliphatic heterocycles. The smallest absolute Gasteiger partial charge is 0.123 e. The molecule has 2 rings (SSSR count). The second-order valence-electron chi connectivity index (χ2n) is 4.01. The summed E-state index contributed by atoms with van der Waals surface area (Å²) in [7, 11) is 0. The summed E-state index contributed by atoms with van der Waals surface area (Å²) in [5, 5.41) is 9.37. The van der Waals surface area contributed by atoms with Gasteiger partial charge in [-0.1, -0.05) is 18.2 Å². The van der Waals surface area contributed by atoms with Crippen LogP contribution in [0, 0.1) is 5.82 Å². The summed E-state index contributed by atoms with van der Waals surface area (Å²) in [5.74, 6) is -0.245. The molecular formula is C15H16FNO. The van der Waals surface area contributed by atoms with Crippen molar-refractivity contribution in [2.75, 3.05) is 11.4 Å². The molecule has 2 aromatic rings. The summed E-state index contributed by atoms with van der Waals surface area (Å²) >= 11 is 0. The molecule has 2 aromatic carbocycles. The number of hydrogen-bond acceptors (Lipinski definition) is 2. The van der Waals surface area contributed by atoms with Crippen LogP contribution in [-0.2, 0) is 6.61 Å². The van der Waals surface area contributed by atoms with Crippen molar-refractivity contribution in [1.82, 2.24) is 0 Å². The first-order valence-corrected chi connectivity index (χ1v) is 5.98. The molecule has 0 aliphatic carbocycles. The van der Waals surface area contributed by atoms with E-state index in [1.165, 1.54) is 12.1 Å². The Hall–Kier alpha value is -1.87. The Labute approximate surface area is 106 Å². The zero-order chi connectivity index (χ0) is 13.0. The second-order valence-corrected chi connectivity index (χ2v) is 4.01. The minimum atomic E-state index is -0.245. The Kier molecular flexibility index (Phi) is 3.95. The SMILES string of the molecule is CCN(c1ccc(F)cc1)c1ccccc1CO. The molecule has 18 heavy (non-hydrogen) atoms. The Morgan fingerprint density at radius 2 is 1.72 bits per heavy atom. The van der Waals surface area contributed by atoms with Gasteiger partial charge >= 0.3 is 0 Å². The van der Waals surface area contributed by atoms with E-state index >= 15 is 0 Å². The summed E-state index contributed by atoms with van der Waals surface area (Å²) in [6.07, 6.45) is 0. The molecule has 1 N–H and O–H groups in total. The molecule has 0 aliphatic rings. The van der Waals surface area contributed by atoms with E-state index in [-0.39, 0.29) is 12.4 Å². The topological polar surface area (TPSA) is 23.5 Å². The predicted molar refractivity (Wildman–Crippen MR) is 71.4 cm³/mol. The van der Waals surface area contributed by atoms with Gasteiger partial charge in [0, 0.05) is 23.5 Å². The first-order chi connectivity index (χ1) is 8.76. The largest absolute Gasteiger partial charge is 0.392 e. The van der Waals surface area contributed by atoms with E-state index in [1.807, 2.05) is 36.1 Å². The maximum absolute atomic E-state index is 12.9. The van der Waals surface area contributed by atoms with E-state index in [4.69, 9.17) is 0 Å². The van der Waals surface area contributed by atoms with Crippen LogP contribution < -0.4 is 4.90 Å². The van der Waals surface area contributed by atoms with Crippen molar-refractivity contribution in [1.29, 1.82) is 0 Å². The van der Waals surface area contributed by atoms with Crippen molar-refractivity contribution in [3.8, 4) is 0 Å². The zero-order valence-corrected chi connectivity index (χ0v) is 10.3. The van der Waals surface area contributed by atoms with Gasteiger partial charge in [-0.2, -0.15) is 0 Å². The minimum absolute atomic E-state index is 0.00608. The maximum atomic E-state index is 12.9. The van der Waals surface area contributed by atoms with Crippen molar-refractivity contribution in [2.45, 2.75) is 13.5 Å². The molecule has 0 saturated carbocycles. The van der Waals surface area contributed by atoms with Crippen molar-refractivity contribution in [3.63, 3.8) is 0 Å². The van der Waals surface area contributed by atoms with E-state index in [9.17, 15) is 9.50 Å². The summed E-state index contributed by atoms with van der Waals surface area (Å²) < 4.78 is 12.9. The average molecular weight is 245 g/mol. The third-order valence-corrected chi connectivity index (χ3v) is 2.91. The number of nitrogens with zero attached hydrogens (tertiary/aromatic N) is 1. The second kappa shape index (κ2) is 5.65. The number of hydrogen-bond donors (Lipinski definition) is 1. The fourth-order valence-electron chi connectivity index (χ4n) is 2.02. The number of anilines is 2. The van der Waals surface area contributed by atoms with Crippen molar-refractivity contribution >= 4 is 11.4 Å². The molecule has 0 atom stereocenters.